The second-order valence-corrected chi connectivity index (χ2v) is 4.75. The van der Waals surface area contributed by atoms with Crippen LogP contribution in [-0.2, 0) is 4.79 Å². The third-order valence-corrected chi connectivity index (χ3v) is 2.99. The number of aromatic nitrogens is 1. The maximum atomic E-state index is 10.8. The first-order chi connectivity index (χ1) is 9.40. The van der Waals surface area contributed by atoms with Crippen LogP contribution < -0.4 is 0 Å². The van der Waals surface area contributed by atoms with Crippen LogP contribution in [-0.4, -0.2) is 28.8 Å². The molecule has 0 saturated carbocycles. The quantitative estimate of drug-likeness (QED) is 0.661. The lowest BCUT2D eigenvalue weighted by Crippen LogP contribution is -2.12. The number of hydrogen-bond acceptors (Lipinski definition) is 3. The summed E-state index contributed by atoms with van der Waals surface area (Å²) in [7, 11) is 1.58. The maximum absolute atomic E-state index is 10.8. The van der Waals surface area contributed by atoms with Crippen LogP contribution in [0.4, 0.5) is 0 Å². The Bertz CT molecular complexity index is 594. The minimum atomic E-state index is -0.910. The van der Waals surface area contributed by atoms with Gasteiger partial charge < -0.3 is 5.11 Å². The summed E-state index contributed by atoms with van der Waals surface area (Å²) in [4.78, 5) is 19.2. The van der Waals surface area contributed by atoms with Crippen LogP contribution in [0.25, 0.3) is 5.57 Å². The average molecular weight is 272 g/mol. The van der Waals surface area contributed by atoms with Crippen molar-refractivity contribution in [2.45, 2.75) is 27.2 Å². The molecule has 0 amide bonds. The zero-order chi connectivity index (χ0) is 15.3. The SMILES string of the molecule is C=CC(=C(C)C)c1cnc(C(CC(=O)O)=NC)c(C)c1. The lowest BCUT2D eigenvalue weighted by atomic mass is 9.99. The highest BCUT2D eigenvalue weighted by Gasteiger charge is 2.13. The molecule has 0 bridgehead atoms. The summed E-state index contributed by atoms with van der Waals surface area (Å²) in [6, 6.07) is 1.99. The molecule has 1 aromatic rings. The zero-order valence-corrected chi connectivity index (χ0v) is 12.4. The highest BCUT2D eigenvalue weighted by atomic mass is 16.4. The van der Waals surface area contributed by atoms with Gasteiger partial charge >= 0.3 is 5.97 Å². The number of rotatable bonds is 5. The summed E-state index contributed by atoms with van der Waals surface area (Å²) in [6.45, 7) is 9.76. The molecule has 1 rings (SSSR count). The second kappa shape index (κ2) is 6.80. The molecule has 4 heteroatoms. The van der Waals surface area contributed by atoms with Crippen LogP contribution in [0, 0.1) is 6.92 Å². The number of aryl methyl sites for hydroxylation is 1. The molecule has 1 heterocycles. The molecule has 0 radical (unpaired) electrons. The summed E-state index contributed by atoms with van der Waals surface area (Å²) < 4.78 is 0. The fourth-order valence-corrected chi connectivity index (χ4v) is 2.05. The first-order valence-electron chi connectivity index (χ1n) is 6.35. The van der Waals surface area contributed by atoms with E-state index in [1.54, 1.807) is 19.3 Å². The minimum Gasteiger partial charge on any atom is -0.481 e. The molecule has 0 aliphatic rings. The topological polar surface area (TPSA) is 62.5 Å². The van der Waals surface area contributed by atoms with Gasteiger partial charge in [-0.25, -0.2) is 0 Å². The van der Waals surface area contributed by atoms with Gasteiger partial charge in [0.1, 0.15) is 0 Å². The highest BCUT2D eigenvalue weighted by molar-refractivity contribution is 6.08. The Morgan fingerprint density at radius 1 is 1.50 bits per heavy atom. The van der Waals surface area contributed by atoms with Crippen LogP contribution in [0.1, 0.15) is 37.1 Å². The number of aliphatic carboxylic acids is 1. The standard InChI is InChI=1S/C16H20N2O2/c1-6-13(10(2)3)12-7-11(4)16(18-9-12)14(17-5)8-15(19)20/h6-7,9H,1,8H2,2-5H3,(H,19,20). The molecule has 106 valence electrons. The van der Waals surface area contributed by atoms with Crippen molar-refractivity contribution in [3.63, 3.8) is 0 Å². The molecular weight excluding hydrogens is 252 g/mol. The third kappa shape index (κ3) is 3.63. The molecule has 1 N–H and O–H groups in total. The number of nitrogens with zero attached hydrogens (tertiary/aromatic N) is 2. The van der Waals surface area contributed by atoms with Gasteiger partial charge in [0.05, 0.1) is 17.8 Å². The Morgan fingerprint density at radius 2 is 2.15 bits per heavy atom. The summed E-state index contributed by atoms with van der Waals surface area (Å²) in [5.74, 6) is -0.910. The summed E-state index contributed by atoms with van der Waals surface area (Å²) in [5.41, 5.74) is 5.20. The number of carbonyl (C=O) groups is 1. The number of hydrogen-bond donors (Lipinski definition) is 1. The van der Waals surface area contributed by atoms with Crippen molar-refractivity contribution in [1.82, 2.24) is 4.98 Å². The molecule has 0 unspecified atom stereocenters. The van der Waals surface area contributed by atoms with Crippen LogP contribution in [0.2, 0.25) is 0 Å². The van der Waals surface area contributed by atoms with Gasteiger partial charge in [-0.15, -0.1) is 0 Å². The lowest BCUT2D eigenvalue weighted by molar-refractivity contribution is -0.135. The number of carboxylic acid groups (broad SMARTS) is 1. The number of carboxylic acids is 1. The van der Waals surface area contributed by atoms with Crippen LogP contribution in [0.3, 0.4) is 0 Å². The summed E-state index contributed by atoms with van der Waals surface area (Å²) >= 11 is 0. The van der Waals surface area contributed by atoms with E-state index in [0.717, 1.165) is 22.3 Å². The van der Waals surface area contributed by atoms with E-state index in [1.807, 2.05) is 26.8 Å². The highest BCUT2D eigenvalue weighted by Crippen LogP contribution is 2.21. The number of allylic oxidation sites excluding steroid dienone is 3. The molecule has 0 fully saturated rings. The van der Waals surface area contributed by atoms with Crippen molar-refractivity contribution in [1.29, 1.82) is 0 Å². The predicted octanol–water partition coefficient (Wildman–Crippen LogP) is 3.26. The smallest absolute Gasteiger partial charge is 0.309 e. The Labute approximate surface area is 119 Å². The molecule has 0 aliphatic heterocycles. The first kappa shape index (κ1) is 15.8. The zero-order valence-electron chi connectivity index (χ0n) is 12.4. The molecule has 0 atom stereocenters. The Hall–Kier alpha value is -2.23. The van der Waals surface area contributed by atoms with Crippen LogP contribution in [0.15, 0.2) is 35.5 Å². The van der Waals surface area contributed by atoms with E-state index in [2.05, 4.69) is 16.6 Å². The van der Waals surface area contributed by atoms with Gasteiger partial charge in [0, 0.05) is 18.8 Å². The van der Waals surface area contributed by atoms with Gasteiger partial charge in [0.15, 0.2) is 0 Å². The predicted molar refractivity (Wildman–Crippen MR) is 82.2 cm³/mol. The monoisotopic (exact) mass is 272 g/mol. The normalized spacial score (nSPS) is 11.1. The molecule has 0 spiro atoms. The van der Waals surface area contributed by atoms with E-state index in [9.17, 15) is 4.79 Å². The first-order valence-corrected chi connectivity index (χ1v) is 6.35. The van der Waals surface area contributed by atoms with Crippen molar-refractivity contribution in [2.24, 2.45) is 4.99 Å². The third-order valence-electron chi connectivity index (χ3n) is 2.99. The van der Waals surface area contributed by atoms with Crippen molar-refractivity contribution in [3.05, 3.63) is 47.3 Å². The molecule has 0 saturated heterocycles. The van der Waals surface area contributed by atoms with Gasteiger partial charge in [0.2, 0.25) is 0 Å². The molecule has 1 aromatic heterocycles. The number of aliphatic imine (C=N–C) groups is 1. The lowest BCUT2D eigenvalue weighted by Gasteiger charge is -2.10. The molecule has 4 nitrogen and oxygen atoms in total. The fraction of sp³-hybridized carbons (Fsp3) is 0.312. The molecule has 20 heavy (non-hydrogen) atoms. The van der Waals surface area contributed by atoms with Gasteiger partial charge in [0.25, 0.3) is 0 Å². The van der Waals surface area contributed by atoms with Crippen molar-refractivity contribution < 1.29 is 9.90 Å². The Balaban J connectivity index is 3.27. The van der Waals surface area contributed by atoms with E-state index >= 15 is 0 Å². The second-order valence-electron chi connectivity index (χ2n) is 4.75. The largest absolute Gasteiger partial charge is 0.481 e. The Kier molecular flexibility index (Phi) is 5.38. The molecule has 0 aliphatic carbocycles. The Morgan fingerprint density at radius 3 is 2.55 bits per heavy atom. The summed E-state index contributed by atoms with van der Waals surface area (Å²) in [5, 5.41) is 8.89. The number of pyridine rings is 1. The van der Waals surface area contributed by atoms with Gasteiger partial charge in [-0.1, -0.05) is 18.2 Å². The maximum Gasteiger partial charge on any atom is 0.309 e. The van der Waals surface area contributed by atoms with Gasteiger partial charge in [-0.3, -0.25) is 14.8 Å². The van der Waals surface area contributed by atoms with Crippen LogP contribution >= 0.6 is 0 Å². The van der Waals surface area contributed by atoms with E-state index in [1.165, 1.54) is 0 Å². The van der Waals surface area contributed by atoms with Crippen molar-refractivity contribution in [2.75, 3.05) is 7.05 Å². The van der Waals surface area contributed by atoms with E-state index < -0.39 is 5.97 Å². The molecular formula is C16H20N2O2. The van der Waals surface area contributed by atoms with Crippen molar-refractivity contribution in [3.8, 4) is 0 Å². The molecule has 0 aromatic carbocycles. The minimum absolute atomic E-state index is 0.124. The van der Waals surface area contributed by atoms with Gasteiger partial charge in [-0.05, 0) is 38.0 Å². The van der Waals surface area contributed by atoms with E-state index in [0.29, 0.717) is 11.4 Å². The van der Waals surface area contributed by atoms with E-state index in [4.69, 9.17) is 5.11 Å². The van der Waals surface area contributed by atoms with Gasteiger partial charge in [-0.2, -0.15) is 0 Å². The van der Waals surface area contributed by atoms with E-state index in [-0.39, 0.29) is 6.42 Å². The fourth-order valence-electron chi connectivity index (χ4n) is 2.05. The van der Waals surface area contributed by atoms with Crippen LogP contribution in [0.5, 0.6) is 0 Å². The van der Waals surface area contributed by atoms with Crippen molar-refractivity contribution >= 4 is 17.3 Å². The average Bonchev–Trinajstić information content (AvgIpc) is 2.36. The summed E-state index contributed by atoms with van der Waals surface area (Å²) in [6.07, 6.45) is 3.41.